The zero-order valence-corrected chi connectivity index (χ0v) is 17.3. The minimum absolute atomic E-state index is 0.342. The van der Waals surface area contributed by atoms with Gasteiger partial charge < -0.3 is 10.2 Å². The third kappa shape index (κ3) is 3.74. The molecule has 1 aromatic carbocycles. The summed E-state index contributed by atoms with van der Waals surface area (Å²) in [6, 6.07) is 11.6. The van der Waals surface area contributed by atoms with Gasteiger partial charge in [0.1, 0.15) is 23.1 Å². The number of pyridine rings is 1. The van der Waals surface area contributed by atoms with Crippen molar-refractivity contribution in [2.45, 2.75) is 25.9 Å². The molecule has 0 amide bonds. The minimum Gasteiger partial charge on any atom is -0.352 e. The van der Waals surface area contributed by atoms with Gasteiger partial charge in [0, 0.05) is 54.8 Å². The summed E-state index contributed by atoms with van der Waals surface area (Å²) in [5.41, 5.74) is 2.91. The predicted molar refractivity (Wildman–Crippen MR) is 116 cm³/mol. The lowest BCUT2D eigenvalue weighted by atomic mass is 10.1. The smallest absolute Gasteiger partial charge is 0.155 e. The van der Waals surface area contributed by atoms with Crippen LogP contribution in [0.15, 0.2) is 54.9 Å². The Labute approximate surface area is 178 Å². The van der Waals surface area contributed by atoms with E-state index in [0.29, 0.717) is 34.7 Å². The molecule has 0 aliphatic carbocycles. The van der Waals surface area contributed by atoms with E-state index in [1.165, 1.54) is 12.1 Å². The highest BCUT2D eigenvalue weighted by Gasteiger charge is 2.24. The molecule has 3 aromatic heterocycles. The van der Waals surface area contributed by atoms with E-state index in [0.717, 1.165) is 30.5 Å². The third-order valence-electron chi connectivity index (χ3n) is 5.43. The Kier molecular flexibility index (Phi) is 4.86. The molecule has 1 saturated heterocycles. The van der Waals surface area contributed by atoms with Crippen LogP contribution in [0.2, 0.25) is 0 Å². The van der Waals surface area contributed by atoms with E-state index >= 15 is 0 Å². The second-order valence-electron chi connectivity index (χ2n) is 8.04. The Bertz CT molecular complexity index is 1210. The fourth-order valence-electron chi connectivity index (χ4n) is 4.27. The first kappa shape index (κ1) is 19.6. The van der Waals surface area contributed by atoms with Crippen LogP contribution in [0.4, 0.5) is 14.6 Å². The van der Waals surface area contributed by atoms with Gasteiger partial charge in [0.15, 0.2) is 5.65 Å². The fraction of sp³-hybridized carbons (Fsp3) is 0.261. The number of hydrogen-bond acceptors (Lipinski definition) is 5. The van der Waals surface area contributed by atoms with E-state index in [9.17, 15) is 8.78 Å². The van der Waals surface area contributed by atoms with E-state index < -0.39 is 11.6 Å². The highest BCUT2D eigenvalue weighted by molar-refractivity contribution is 5.81. The Hall–Kier alpha value is -3.39. The Morgan fingerprint density at radius 3 is 2.26 bits per heavy atom. The summed E-state index contributed by atoms with van der Waals surface area (Å²) >= 11 is 0. The summed E-state index contributed by atoms with van der Waals surface area (Å²) < 4.78 is 29.7. The molecule has 31 heavy (non-hydrogen) atoms. The van der Waals surface area contributed by atoms with Crippen molar-refractivity contribution in [3.05, 3.63) is 66.5 Å². The number of aromatic nitrogens is 4. The van der Waals surface area contributed by atoms with E-state index in [-0.39, 0.29) is 0 Å². The van der Waals surface area contributed by atoms with Crippen LogP contribution < -0.4 is 10.2 Å². The lowest BCUT2D eigenvalue weighted by molar-refractivity contribution is 0.404. The number of piperazine rings is 1. The van der Waals surface area contributed by atoms with Crippen LogP contribution in [0.1, 0.15) is 13.8 Å². The minimum atomic E-state index is -0.648. The van der Waals surface area contributed by atoms with Gasteiger partial charge in [-0.1, -0.05) is 0 Å². The number of rotatable bonds is 3. The van der Waals surface area contributed by atoms with Crippen LogP contribution in [0.5, 0.6) is 0 Å². The highest BCUT2D eigenvalue weighted by Crippen LogP contribution is 2.33. The molecule has 1 fully saturated rings. The predicted octanol–water partition coefficient (Wildman–Crippen LogP) is 3.92. The van der Waals surface area contributed by atoms with E-state index in [4.69, 9.17) is 5.10 Å². The third-order valence-corrected chi connectivity index (χ3v) is 5.43. The van der Waals surface area contributed by atoms with Crippen molar-refractivity contribution >= 4 is 11.5 Å². The number of halogens is 2. The van der Waals surface area contributed by atoms with Crippen LogP contribution in [-0.2, 0) is 0 Å². The van der Waals surface area contributed by atoms with Crippen LogP contribution in [0.3, 0.4) is 0 Å². The van der Waals surface area contributed by atoms with Gasteiger partial charge in [-0.3, -0.25) is 4.98 Å². The molecule has 4 heterocycles. The topological polar surface area (TPSA) is 58.4 Å². The summed E-state index contributed by atoms with van der Waals surface area (Å²) in [4.78, 5) is 11.0. The van der Waals surface area contributed by atoms with Gasteiger partial charge in [-0.05, 0) is 50.2 Å². The number of fused-ring (bicyclic) bond motifs is 1. The van der Waals surface area contributed by atoms with E-state index in [1.807, 2.05) is 24.3 Å². The molecule has 1 aliphatic rings. The fourth-order valence-corrected chi connectivity index (χ4v) is 4.27. The zero-order chi connectivity index (χ0) is 21.5. The summed E-state index contributed by atoms with van der Waals surface area (Å²) in [6.07, 6.45) is 3.35. The zero-order valence-electron chi connectivity index (χ0n) is 17.3. The summed E-state index contributed by atoms with van der Waals surface area (Å²) in [6.45, 7) is 5.98. The van der Waals surface area contributed by atoms with Crippen molar-refractivity contribution in [3.63, 3.8) is 0 Å². The van der Waals surface area contributed by atoms with E-state index in [2.05, 4.69) is 34.0 Å². The molecule has 0 spiro atoms. The van der Waals surface area contributed by atoms with Crippen molar-refractivity contribution in [3.8, 4) is 22.5 Å². The van der Waals surface area contributed by atoms with Gasteiger partial charge in [-0.25, -0.2) is 18.3 Å². The molecule has 0 bridgehead atoms. The molecule has 158 valence electrons. The Morgan fingerprint density at radius 1 is 0.903 bits per heavy atom. The van der Waals surface area contributed by atoms with Crippen molar-refractivity contribution in [1.29, 1.82) is 0 Å². The molecule has 0 unspecified atom stereocenters. The normalized spacial score (nSPS) is 19.2. The van der Waals surface area contributed by atoms with Gasteiger partial charge in [0.2, 0.25) is 0 Å². The standard InChI is InChI=1S/C23H22F2N6/c1-14-12-30(13-15(2)27-14)21-4-3-20-28-22(17-9-18(24)11-19(25)10-17)23(31(20)29-21)16-5-7-26-8-6-16/h3-11,14-15,27H,12-13H2,1-2H3/t14-,15+. The lowest BCUT2D eigenvalue weighted by Gasteiger charge is -2.36. The molecule has 1 aliphatic heterocycles. The lowest BCUT2D eigenvalue weighted by Crippen LogP contribution is -2.54. The van der Waals surface area contributed by atoms with Crippen LogP contribution in [-0.4, -0.2) is 44.8 Å². The molecule has 2 atom stereocenters. The number of nitrogens with one attached hydrogen (secondary N) is 1. The van der Waals surface area contributed by atoms with Gasteiger partial charge in [-0.2, -0.15) is 0 Å². The van der Waals surface area contributed by atoms with Gasteiger partial charge >= 0.3 is 0 Å². The van der Waals surface area contributed by atoms with Crippen LogP contribution in [0, 0.1) is 11.6 Å². The first-order chi connectivity index (χ1) is 15.0. The van der Waals surface area contributed by atoms with E-state index in [1.54, 1.807) is 16.9 Å². The number of hydrogen-bond donors (Lipinski definition) is 1. The average Bonchev–Trinajstić information content (AvgIpc) is 3.12. The quantitative estimate of drug-likeness (QED) is 0.544. The average molecular weight is 420 g/mol. The maximum atomic E-state index is 14.0. The molecular formula is C23H22F2N6. The van der Waals surface area contributed by atoms with Gasteiger partial charge in [0.05, 0.1) is 5.69 Å². The largest absolute Gasteiger partial charge is 0.352 e. The maximum Gasteiger partial charge on any atom is 0.155 e. The number of anilines is 1. The number of imidazole rings is 1. The molecule has 6 nitrogen and oxygen atoms in total. The first-order valence-electron chi connectivity index (χ1n) is 10.3. The SMILES string of the molecule is C[C@@H]1CN(c2ccc3nc(-c4cc(F)cc(F)c4)c(-c4ccncc4)n3n2)C[C@H](C)N1. The molecule has 8 heteroatoms. The Morgan fingerprint density at radius 2 is 1.58 bits per heavy atom. The van der Waals surface area contributed by atoms with Crippen molar-refractivity contribution in [2.24, 2.45) is 0 Å². The maximum absolute atomic E-state index is 14.0. The van der Waals surface area contributed by atoms with Crippen LogP contribution >= 0.6 is 0 Å². The van der Waals surface area contributed by atoms with Gasteiger partial charge in [0.25, 0.3) is 0 Å². The monoisotopic (exact) mass is 420 g/mol. The number of nitrogens with zero attached hydrogens (tertiary/aromatic N) is 5. The molecule has 4 aromatic rings. The second-order valence-corrected chi connectivity index (χ2v) is 8.04. The second kappa shape index (κ2) is 7.70. The van der Waals surface area contributed by atoms with Crippen molar-refractivity contribution < 1.29 is 8.78 Å². The van der Waals surface area contributed by atoms with Crippen molar-refractivity contribution in [2.75, 3.05) is 18.0 Å². The molecule has 5 rings (SSSR count). The molecule has 0 radical (unpaired) electrons. The first-order valence-corrected chi connectivity index (χ1v) is 10.3. The number of benzene rings is 1. The molecule has 0 saturated carbocycles. The highest BCUT2D eigenvalue weighted by atomic mass is 19.1. The van der Waals surface area contributed by atoms with Crippen LogP contribution in [0.25, 0.3) is 28.2 Å². The summed E-state index contributed by atoms with van der Waals surface area (Å²) in [7, 11) is 0. The van der Waals surface area contributed by atoms with Crippen molar-refractivity contribution in [1.82, 2.24) is 24.9 Å². The summed E-state index contributed by atoms with van der Waals surface area (Å²) in [5.74, 6) is -0.465. The summed E-state index contributed by atoms with van der Waals surface area (Å²) in [5, 5.41) is 8.40. The van der Waals surface area contributed by atoms with Gasteiger partial charge in [-0.15, -0.1) is 5.10 Å². The Balaban J connectivity index is 1.71. The molecular weight excluding hydrogens is 398 g/mol. The molecule has 1 N–H and O–H groups in total.